The molecule has 2 amide bonds. The molecule has 1 atom stereocenters. The fourth-order valence-corrected chi connectivity index (χ4v) is 3.55. The highest BCUT2D eigenvalue weighted by Gasteiger charge is 2.36. The zero-order valence-electron chi connectivity index (χ0n) is 16.6. The van der Waals surface area contributed by atoms with Gasteiger partial charge in [-0.2, -0.15) is 18.3 Å². The van der Waals surface area contributed by atoms with Gasteiger partial charge in [0.05, 0.1) is 23.4 Å². The van der Waals surface area contributed by atoms with Crippen molar-refractivity contribution in [3.63, 3.8) is 0 Å². The number of benzene rings is 2. The Hall–Kier alpha value is -3.62. The van der Waals surface area contributed by atoms with E-state index in [4.69, 9.17) is 0 Å². The molecule has 0 saturated heterocycles. The van der Waals surface area contributed by atoms with Crippen LogP contribution in [0.1, 0.15) is 44.9 Å². The van der Waals surface area contributed by atoms with Gasteiger partial charge in [-0.15, -0.1) is 0 Å². The zero-order chi connectivity index (χ0) is 22.2. The summed E-state index contributed by atoms with van der Waals surface area (Å²) in [4.78, 5) is 27.3. The Morgan fingerprint density at radius 3 is 2.45 bits per heavy atom. The van der Waals surface area contributed by atoms with Crippen molar-refractivity contribution in [3.8, 4) is 0 Å². The van der Waals surface area contributed by atoms with E-state index in [-0.39, 0.29) is 30.4 Å². The number of aromatic nitrogens is 2. The number of fused-ring (bicyclic) bond motifs is 1. The molecule has 9 heteroatoms. The van der Waals surface area contributed by atoms with Crippen LogP contribution in [0.5, 0.6) is 0 Å². The van der Waals surface area contributed by atoms with Gasteiger partial charge < -0.3 is 10.2 Å². The van der Waals surface area contributed by atoms with Gasteiger partial charge in [0, 0.05) is 18.8 Å². The van der Waals surface area contributed by atoms with Gasteiger partial charge in [0.25, 0.3) is 11.8 Å². The molecule has 31 heavy (non-hydrogen) atoms. The molecule has 0 bridgehead atoms. The van der Waals surface area contributed by atoms with Crippen molar-refractivity contribution in [2.24, 2.45) is 0 Å². The molecule has 3 aromatic rings. The Kier molecular flexibility index (Phi) is 5.26. The van der Waals surface area contributed by atoms with Gasteiger partial charge in [-0.1, -0.05) is 30.3 Å². The second-order valence-corrected chi connectivity index (χ2v) is 7.33. The van der Waals surface area contributed by atoms with Crippen LogP contribution >= 0.6 is 0 Å². The monoisotopic (exact) mass is 428 g/mol. The number of rotatable bonds is 4. The van der Waals surface area contributed by atoms with E-state index in [1.165, 1.54) is 27.9 Å². The Bertz CT molecular complexity index is 1110. The highest BCUT2D eigenvalue weighted by molar-refractivity contribution is 6.12. The summed E-state index contributed by atoms with van der Waals surface area (Å²) in [6, 6.07) is 13.5. The largest absolute Gasteiger partial charge is 0.416 e. The fraction of sp³-hybridized carbons (Fsp3) is 0.227. The summed E-state index contributed by atoms with van der Waals surface area (Å²) < 4.78 is 40.1. The van der Waals surface area contributed by atoms with Gasteiger partial charge in [-0.05, 0) is 36.8 Å². The molecule has 4 rings (SSSR count). The molecule has 160 valence electrons. The lowest BCUT2D eigenvalue weighted by molar-refractivity contribution is -0.137. The minimum Gasteiger partial charge on any atom is -0.348 e. The summed E-state index contributed by atoms with van der Waals surface area (Å²) in [5.41, 5.74) is 0.685. The molecule has 1 N–H and O–H groups in total. The molecule has 1 aliphatic rings. The summed E-state index contributed by atoms with van der Waals surface area (Å²) >= 11 is 0. The van der Waals surface area contributed by atoms with Crippen LogP contribution in [0.3, 0.4) is 0 Å². The van der Waals surface area contributed by atoms with Gasteiger partial charge in [-0.3, -0.25) is 14.3 Å². The first-order valence-electron chi connectivity index (χ1n) is 9.64. The van der Waals surface area contributed by atoms with Gasteiger partial charge in [0.1, 0.15) is 5.69 Å². The molecule has 0 saturated carbocycles. The lowest BCUT2D eigenvalue weighted by Gasteiger charge is -2.32. The highest BCUT2D eigenvalue weighted by atomic mass is 19.4. The van der Waals surface area contributed by atoms with E-state index in [2.05, 4.69) is 10.4 Å². The third-order valence-electron chi connectivity index (χ3n) is 5.15. The van der Waals surface area contributed by atoms with E-state index in [9.17, 15) is 22.8 Å². The van der Waals surface area contributed by atoms with Crippen LogP contribution in [-0.4, -0.2) is 28.1 Å². The van der Waals surface area contributed by atoms with Gasteiger partial charge in [-0.25, -0.2) is 0 Å². The summed E-state index contributed by atoms with van der Waals surface area (Å²) in [6.07, 6.45) is -3.11. The number of halogens is 3. The van der Waals surface area contributed by atoms with Crippen molar-refractivity contribution >= 4 is 17.5 Å². The van der Waals surface area contributed by atoms with Crippen molar-refractivity contribution in [3.05, 3.63) is 83.2 Å². The third-order valence-corrected chi connectivity index (χ3v) is 5.15. The Labute approximate surface area is 176 Å². The van der Waals surface area contributed by atoms with Gasteiger partial charge >= 0.3 is 6.18 Å². The van der Waals surface area contributed by atoms with Gasteiger partial charge in [0.2, 0.25) is 0 Å². The third kappa shape index (κ3) is 4.03. The second kappa shape index (κ2) is 7.90. The second-order valence-electron chi connectivity index (χ2n) is 7.33. The highest BCUT2D eigenvalue weighted by Crippen LogP contribution is 2.32. The van der Waals surface area contributed by atoms with Crippen molar-refractivity contribution in [2.45, 2.75) is 25.7 Å². The Morgan fingerprint density at radius 2 is 1.81 bits per heavy atom. The number of hydrogen-bond acceptors (Lipinski definition) is 3. The molecule has 0 fully saturated rings. The lowest BCUT2D eigenvalue weighted by atomic mass is 10.1. The van der Waals surface area contributed by atoms with Crippen molar-refractivity contribution < 1.29 is 22.8 Å². The first-order valence-corrected chi connectivity index (χ1v) is 9.64. The fourth-order valence-electron chi connectivity index (χ4n) is 3.55. The number of nitrogens with zero attached hydrogens (tertiary/aromatic N) is 3. The molecule has 1 aliphatic heterocycles. The minimum atomic E-state index is -4.46. The van der Waals surface area contributed by atoms with Crippen LogP contribution in [0.15, 0.2) is 60.8 Å². The summed E-state index contributed by atoms with van der Waals surface area (Å²) in [5.74, 6) is -0.930. The SMILES string of the molecule is C[C@H]1CN(c2ccc(C(F)(F)F)cc2)C(=O)c2c(C(=O)NCc3ccccc3)cnn21. The molecule has 0 radical (unpaired) electrons. The average Bonchev–Trinajstić information content (AvgIpc) is 3.21. The van der Waals surface area contributed by atoms with Crippen LogP contribution in [0.2, 0.25) is 0 Å². The normalized spacial score (nSPS) is 16.2. The van der Waals surface area contributed by atoms with E-state index in [0.29, 0.717) is 5.69 Å². The molecule has 0 unspecified atom stereocenters. The maximum atomic E-state index is 13.2. The molecule has 2 heterocycles. The van der Waals surface area contributed by atoms with Crippen molar-refractivity contribution in [1.29, 1.82) is 0 Å². The minimum absolute atomic E-state index is 0.115. The number of amides is 2. The molecule has 2 aromatic carbocycles. The predicted octanol–water partition coefficient (Wildman–Crippen LogP) is 4.05. The number of carbonyl (C=O) groups excluding carboxylic acids is 2. The number of hydrogen-bond donors (Lipinski definition) is 1. The number of alkyl halides is 3. The van der Waals surface area contributed by atoms with Crippen molar-refractivity contribution in [2.75, 3.05) is 11.4 Å². The summed E-state index contributed by atoms with van der Waals surface area (Å²) in [6.45, 7) is 2.34. The quantitative estimate of drug-likeness (QED) is 0.682. The Balaban J connectivity index is 1.59. The molecule has 0 spiro atoms. The first-order chi connectivity index (χ1) is 14.8. The predicted molar refractivity (Wildman–Crippen MR) is 108 cm³/mol. The number of nitrogens with one attached hydrogen (secondary N) is 1. The van der Waals surface area contributed by atoms with E-state index >= 15 is 0 Å². The van der Waals surface area contributed by atoms with E-state index < -0.39 is 23.6 Å². The maximum Gasteiger partial charge on any atom is 0.416 e. The van der Waals surface area contributed by atoms with E-state index in [1.54, 1.807) is 0 Å². The molecule has 0 aliphatic carbocycles. The van der Waals surface area contributed by atoms with Crippen molar-refractivity contribution in [1.82, 2.24) is 15.1 Å². The van der Waals surface area contributed by atoms with Crippen LogP contribution in [0.25, 0.3) is 0 Å². The van der Waals surface area contributed by atoms with E-state index in [1.807, 2.05) is 37.3 Å². The molecular weight excluding hydrogens is 409 g/mol. The molecule has 6 nitrogen and oxygen atoms in total. The standard InChI is InChI=1S/C22H19F3N4O2/c1-14-13-28(17-9-7-16(8-10-17)22(23,24)25)21(31)19-18(12-27-29(14)19)20(30)26-11-15-5-3-2-4-6-15/h2-10,12,14H,11,13H2,1H3,(H,26,30)/t14-/m0/s1. The van der Waals surface area contributed by atoms with Crippen LogP contribution in [0.4, 0.5) is 18.9 Å². The smallest absolute Gasteiger partial charge is 0.348 e. The lowest BCUT2D eigenvalue weighted by Crippen LogP contribution is -2.43. The van der Waals surface area contributed by atoms with Crippen LogP contribution in [0, 0.1) is 0 Å². The zero-order valence-corrected chi connectivity index (χ0v) is 16.6. The van der Waals surface area contributed by atoms with Crippen LogP contribution < -0.4 is 10.2 Å². The molecular formula is C22H19F3N4O2. The first kappa shape index (κ1) is 20.6. The average molecular weight is 428 g/mol. The molecule has 1 aromatic heterocycles. The summed E-state index contributed by atoms with van der Waals surface area (Å²) in [5, 5.41) is 6.98. The van der Waals surface area contributed by atoms with E-state index in [0.717, 1.165) is 17.7 Å². The summed E-state index contributed by atoms with van der Waals surface area (Å²) in [7, 11) is 0. The Morgan fingerprint density at radius 1 is 1.13 bits per heavy atom. The number of anilines is 1. The van der Waals surface area contributed by atoms with Gasteiger partial charge in [0.15, 0.2) is 0 Å². The number of carbonyl (C=O) groups is 2. The topological polar surface area (TPSA) is 67.2 Å². The maximum absolute atomic E-state index is 13.2. The van der Waals surface area contributed by atoms with Crippen LogP contribution in [-0.2, 0) is 12.7 Å².